The highest BCUT2D eigenvalue weighted by atomic mass is 32.3. The lowest BCUT2D eigenvalue weighted by Gasteiger charge is -2.53. The van der Waals surface area contributed by atoms with Gasteiger partial charge >= 0.3 is 32.7 Å². The average Bonchev–Trinajstić information content (AvgIpc) is 3.62. The van der Waals surface area contributed by atoms with Gasteiger partial charge in [0.1, 0.15) is 97.5 Å². The molecule has 0 aromatic carbocycles. The molecule has 0 radical (unpaired) electrons. The number of amides is 1. The van der Waals surface area contributed by atoms with E-state index in [-0.39, 0.29) is 25.2 Å². The maximum atomic E-state index is 13.1. The number of aliphatic imine (C=N–C) groups is 1. The van der Waals surface area contributed by atoms with Gasteiger partial charge in [-0.15, -0.1) is 0 Å². The van der Waals surface area contributed by atoms with Crippen LogP contribution in [0, 0.1) is 0 Å². The predicted molar refractivity (Wildman–Crippen MR) is 219 cm³/mol. The van der Waals surface area contributed by atoms with Gasteiger partial charge in [0.05, 0.1) is 24.4 Å². The number of hydrogen-bond acceptors (Lipinski definition) is 25. The van der Waals surface area contributed by atoms with Crippen LogP contribution in [0.1, 0.15) is 60.8 Å². The van der Waals surface area contributed by atoms with Gasteiger partial charge in [-0.05, 0) is 26.7 Å². The Hall–Kier alpha value is -2.94. The third-order valence-corrected chi connectivity index (χ3v) is 13.4. The van der Waals surface area contributed by atoms with E-state index in [0.29, 0.717) is 0 Å². The molecule has 0 aliphatic carbocycles. The van der Waals surface area contributed by atoms with E-state index in [0.717, 1.165) is 6.92 Å². The lowest BCUT2D eigenvalue weighted by molar-refractivity contribution is -0.347. The Morgan fingerprint density at radius 3 is 1.71 bits per heavy atom. The highest BCUT2D eigenvalue weighted by Crippen LogP contribution is 2.42. The summed E-state index contributed by atoms with van der Waals surface area (Å²) in [4.78, 5) is 42.2. The van der Waals surface area contributed by atoms with E-state index in [4.69, 9.17) is 42.4 Å². The van der Waals surface area contributed by atoms with Crippen molar-refractivity contribution in [2.24, 2.45) is 4.99 Å². The van der Waals surface area contributed by atoms with Crippen molar-refractivity contribution in [3.05, 3.63) is 0 Å². The molecule has 1 amide bonds. The van der Waals surface area contributed by atoms with Crippen LogP contribution in [0.5, 0.6) is 0 Å². The summed E-state index contributed by atoms with van der Waals surface area (Å²) in [6.07, 6.45) is -36.0. The normalized spacial score (nSPS) is 41.4. The summed E-state index contributed by atoms with van der Waals surface area (Å²) in [5, 5.41) is 102. The minimum absolute atomic E-state index is 0.0467. The summed E-state index contributed by atoms with van der Waals surface area (Å²) in [6, 6.07) is -3.05. The van der Waals surface area contributed by atoms with Crippen molar-refractivity contribution in [2.45, 2.75) is 194 Å². The zero-order chi connectivity index (χ0) is 51.9. The minimum Gasteiger partial charge on any atom is -0.479 e. The fourth-order valence-electron chi connectivity index (χ4n) is 9.03. The number of ether oxygens (including phenoxy) is 8. The van der Waals surface area contributed by atoms with Gasteiger partial charge in [-0.25, -0.2) is 22.9 Å². The summed E-state index contributed by atoms with van der Waals surface area (Å²) in [6.45, 7) is 5.83. The molecule has 5 aliphatic rings. The molecule has 5 aliphatic heterocycles. The topological polar surface area (TPSA) is 459 Å². The highest BCUT2D eigenvalue weighted by Gasteiger charge is 2.61. The summed E-state index contributed by atoms with van der Waals surface area (Å²) in [5.41, 5.74) is -3.93. The Morgan fingerprint density at radius 2 is 1.19 bits per heavy atom. The number of aliphatic hydroxyl groups excluding tert-OH is 7. The van der Waals surface area contributed by atoms with Crippen LogP contribution in [-0.4, -0.2) is 242 Å². The van der Waals surface area contributed by atoms with Crippen LogP contribution < -0.4 is 5.32 Å². The first-order chi connectivity index (χ1) is 31.9. The van der Waals surface area contributed by atoms with Crippen LogP contribution >= 0.6 is 0 Å². The molecular weight excluding hydrogens is 985 g/mol. The molecule has 398 valence electrons. The van der Waals surface area contributed by atoms with Crippen molar-refractivity contribution in [1.82, 2.24) is 5.32 Å². The van der Waals surface area contributed by atoms with E-state index >= 15 is 0 Å². The number of hydrogen-bond donors (Lipinski definition) is 12. The monoisotopic (exact) mass is 1040 g/mol. The van der Waals surface area contributed by atoms with E-state index < -0.39 is 185 Å². The summed E-state index contributed by atoms with van der Waals surface area (Å²) >= 11 is 0. The Bertz CT molecular complexity index is 2090. The van der Waals surface area contributed by atoms with Crippen LogP contribution in [0.2, 0.25) is 0 Å². The van der Waals surface area contributed by atoms with Crippen LogP contribution in [-0.2, 0) is 81.4 Å². The molecule has 4 fully saturated rings. The SMILES string of the molecule is CCCC(C)(OC1C(NC(C)=O)[C@H](O[C@@H]2C(C(=O)O)O[C@@H](C(C)(CC)OC3C4N=C(C)O[C@H]4OC(COS(=O)(=O)O)[C@@H]3O)C(O)C2O)OC(COS(=O)(=O)O)[C@@H]1O)[C@@H]1OC(C(=O)O)[C@@H](O)C(O)C1O. The first kappa shape index (κ1) is 57.0. The van der Waals surface area contributed by atoms with E-state index in [1.54, 1.807) is 6.92 Å². The number of aliphatic carboxylic acids is 2. The van der Waals surface area contributed by atoms with Crippen molar-refractivity contribution in [2.75, 3.05) is 13.2 Å². The van der Waals surface area contributed by atoms with Gasteiger partial charge in [0.2, 0.25) is 12.2 Å². The molecular formula is C37H60N2O28S2. The van der Waals surface area contributed by atoms with E-state index in [9.17, 15) is 81.7 Å². The summed E-state index contributed by atoms with van der Waals surface area (Å²) < 4.78 is 121. The predicted octanol–water partition coefficient (Wildman–Crippen LogP) is -5.49. The summed E-state index contributed by atoms with van der Waals surface area (Å²) in [5.74, 6) is -4.48. The molecule has 14 unspecified atom stereocenters. The van der Waals surface area contributed by atoms with Crippen LogP contribution in [0.15, 0.2) is 4.99 Å². The second-order valence-electron chi connectivity index (χ2n) is 17.6. The van der Waals surface area contributed by atoms with Crippen LogP contribution in [0.4, 0.5) is 0 Å². The molecule has 0 aromatic heterocycles. The van der Waals surface area contributed by atoms with Crippen molar-refractivity contribution in [1.29, 1.82) is 0 Å². The van der Waals surface area contributed by atoms with E-state index in [1.165, 1.54) is 27.7 Å². The second kappa shape index (κ2) is 22.0. The van der Waals surface area contributed by atoms with Gasteiger partial charge in [-0.1, -0.05) is 20.3 Å². The number of carbonyl (C=O) groups excluding carboxylic acids is 1. The molecule has 22 atom stereocenters. The van der Waals surface area contributed by atoms with E-state index in [1.807, 2.05) is 0 Å². The fourth-order valence-corrected chi connectivity index (χ4v) is 9.64. The maximum absolute atomic E-state index is 13.1. The van der Waals surface area contributed by atoms with Gasteiger partial charge < -0.3 is 89.2 Å². The highest BCUT2D eigenvalue weighted by molar-refractivity contribution is 7.81. The third-order valence-electron chi connectivity index (χ3n) is 12.5. The zero-order valence-electron chi connectivity index (χ0n) is 37.7. The Labute approximate surface area is 394 Å². The van der Waals surface area contributed by atoms with Gasteiger partial charge in [0, 0.05) is 13.8 Å². The molecule has 0 aromatic rings. The van der Waals surface area contributed by atoms with Crippen LogP contribution in [0.3, 0.4) is 0 Å². The number of carboxylic acids is 2. The van der Waals surface area contributed by atoms with E-state index in [2.05, 4.69) is 18.7 Å². The molecule has 32 heteroatoms. The number of nitrogens with zero attached hydrogens (tertiary/aromatic N) is 1. The number of carboxylic acid groups (broad SMARTS) is 2. The third kappa shape index (κ3) is 12.8. The molecule has 5 rings (SSSR count). The molecule has 4 saturated heterocycles. The number of rotatable bonds is 20. The number of nitrogens with one attached hydrogen (secondary N) is 1. The first-order valence-electron chi connectivity index (χ1n) is 21.4. The Balaban J connectivity index is 1.50. The Morgan fingerprint density at radius 1 is 0.681 bits per heavy atom. The van der Waals surface area contributed by atoms with Crippen LogP contribution in [0.25, 0.3) is 0 Å². The quantitative estimate of drug-likeness (QED) is 0.0506. The second-order valence-corrected chi connectivity index (χ2v) is 19.7. The lowest BCUT2D eigenvalue weighted by Crippen LogP contribution is -2.72. The van der Waals surface area contributed by atoms with Crippen molar-refractivity contribution in [3.8, 4) is 0 Å². The standard InChI is InChI=1S/C37H60N2O28S2/c1-7-9-37(6,31-23(46)20(43)21(44)28(63-31)32(48)49)67-25-16(38-12(3)40)35(62-15(18(25)41)11-59-69(55,56)57)65-27-22(45)24(47)30(64-29(27)33(50)51)36(5,8-2)66-26-17-34(60-13(4)39-17)61-14(19(26)42)10-58-68(52,53)54/h14-31,34-35,41-47H,7-11H2,1-6H3,(H,38,40)(H,48,49)(H,50,51)(H,52,53,54)(H,55,56,57)/t14?,15?,16?,17?,18-,19-,20?,21-,22?,23?,24?,25?,26?,27-,28?,29?,30+,31+,34-,35-,36?,37?/m0/s1. The molecule has 0 saturated carbocycles. The first-order valence-corrected chi connectivity index (χ1v) is 24.2. The minimum atomic E-state index is -5.29. The largest absolute Gasteiger partial charge is 0.479 e. The molecule has 0 bridgehead atoms. The summed E-state index contributed by atoms with van der Waals surface area (Å²) in [7, 11) is -10.3. The lowest BCUT2D eigenvalue weighted by atomic mass is 9.82. The average molecular weight is 1050 g/mol. The molecule has 5 heterocycles. The van der Waals surface area contributed by atoms with Crippen molar-refractivity contribution in [3.63, 3.8) is 0 Å². The number of aliphatic hydroxyl groups is 7. The number of fused-ring (bicyclic) bond motifs is 1. The fraction of sp³-hybridized carbons (Fsp3) is 0.892. The van der Waals surface area contributed by atoms with Crippen molar-refractivity contribution < 1.29 is 133 Å². The van der Waals surface area contributed by atoms with Crippen molar-refractivity contribution >= 4 is 44.5 Å². The molecule has 69 heavy (non-hydrogen) atoms. The number of carbonyl (C=O) groups is 3. The maximum Gasteiger partial charge on any atom is 0.397 e. The van der Waals surface area contributed by atoms with Gasteiger partial charge in [-0.2, -0.15) is 16.8 Å². The Kier molecular flexibility index (Phi) is 18.2. The van der Waals surface area contributed by atoms with Gasteiger partial charge in [-0.3, -0.25) is 13.9 Å². The molecule has 12 N–H and O–H groups in total. The zero-order valence-corrected chi connectivity index (χ0v) is 39.3. The smallest absolute Gasteiger partial charge is 0.397 e. The van der Waals surface area contributed by atoms with Gasteiger partial charge in [0.15, 0.2) is 24.4 Å². The van der Waals surface area contributed by atoms with Gasteiger partial charge in [0.25, 0.3) is 0 Å². The molecule has 0 spiro atoms. The molecule has 30 nitrogen and oxygen atoms in total.